The Hall–Kier alpha value is -0.770. The highest BCUT2D eigenvalue weighted by molar-refractivity contribution is 7.81. The zero-order valence-corrected chi connectivity index (χ0v) is 14.2. The molecule has 4 rings (SSSR count). The number of fused-ring (bicyclic) bond motifs is 5. The number of hydrogen-bond acceptors (Lipinski definition) is 4. The van der Waals surface area contributed by atoms with E-state index >= 15 is 0 Å². The van der Waals surface area contributed by atoms with Gasteiger partial charge in [0, 0.05) is 17.6 Å². The molecule has 3 fully saturated rings. The highest BCUT2D eigenvalue weighted by Gasteiger charge is 2.61. The molecule has 1 saturated heterocycles. The van der Waals surface area contributed by atoms with Gasteiger partial charge in [-0.3, -0.25) is 9.59 Å². The number of thiol groups is 1. The Morgan fingerprint density at radius 2 is 1.95 bits per heavy atom. The largest absolute Gasteiger partial charge is 0.465 e. The summed E-state index contributed by atoms with van der Waals surface area (Å²) in [6.45, 7) is 4.99. The van der Waals surface area contributed by atoms with E-state index in [0.29, 0.717) is 30.8 Å². The number of hydrogen-bond donors (Lipinski definition) is 1. The van der Waals surface area contributed by atoms with Crippen LogP contribution >= 0.6 is 12.6 Å². The van der Waals surface area contributed by atoms with E-state index < -0.39 is 0 Å². The summed E-state index contributed by atoms with van der Waals surface area (Å²) < 4.78 is 5.44. The van der Waals surface area contributed by atoms with Crippen molar-refractivity contribution in [3.63, 3.8) is 0 Å². The van der Waals surface area contributed by atoms with Crippen molar-refractivity contribution < 1.29 is 14.3 Å². The average molecular weight is 320 g/mol. The molecule has 0 N–H and O–H groups in total. The topological polar surface area (TPSA) is 43.4 Å². The molecule has 0 amide bonds. The summed E-state index contributed by atoms with van der Waals surface area (Å²) in [5.74, 6) is 1.62. The molecule has 2 saturated carbocycles. The van der Waals surface area contributed by atoms with Crippen molar-refractivity contribution in [2.75, 3.05) is 6.61 Å². The summed E-state index contributed by atoms with van der Waals surface area (Å²) in [6.07, 6.45) is 6.43. The molecule has 0 aromatic heterocycles. The lowest BCUT2D eigenvalue weighted by atomic mass is 9.47. The third kappa shape index (κ3) is 1.76. The van der Waals surface area contributed by atoms with Crippen molar-refractivity contribution in [1.29, 1.82) is 0 Å². The van der Waals surface area contributed by atoms with Crippen molar-refractivity contribution in [2.45, 2.75) is 51.2 Å². The summed E-state index contributed by atoms with van der Waals surface area (Å²) in [7, 11) is 0. The Balaban J connectivity index is 1.74. The number of cyclic esters (lactones) is 1. The highest BCUT2D eigenvalue weighted by Crippen LogP contribution is 2.63. The van der Waals surface area contributed by atoms with Crippen LogP contribution in [0.15, 0.2) is 11.6 Å². The van der Waals surface area contributed by atoms with Crippen LogP contribution in [0.3, 0.4) is 0 Å². The smallest absolute Gasteiger partial charge is 0.312 e. The molecule has 6 atom stereocenters. The maximum atomic E-state index is 12.2. The minimum Gasteiger partial charge on any atom is -0.465 e. The van der Waals surface area contributed by atoms with Gasteiger partial charge < -0.3 is 4.74 Å². The Bertz CT molecular complexity index is 583. The molecule has 4 aliphatic rings. The molecule has 0 bridgehead atoms. The normalized spacial score (nSPS) is 50.6. The van der Waals surface area contributed by atoms with E-state index in [2.05, 4.69) is 13.8 Å². The summed E-state index contributed by atoms with van der Waals surface area (Å²) in [5.41, 5.74) is 1.04. The van der Waals surface area contributed by atoms with Gasteiger partial charge in [-0.25, -0.2) is 0 Å². The van der Waals surface area contributed by atoms with Crippen LogP contribution in [0.1, 0.15) is 46.0 Å². The molecule has 1 unspecified atom stereocenters. The van der Waals surface area contributed by atoms with Crippen molar-refractivity contribution in [2.24, 2.45) is 28.6 Å². The number of ketones is 1. The zero-order chi connectivity index (χ0) is 15.7. The number of carbonyl (C=O) groups excluding carboxylic acids is 2. The van der Waals surface area contributed by atoms with E-state index in [1.54, 1.807) is 0 Å². The van der Waals surface area contributed by atoms with E-state index in [-0.39, 0.29) is 27.8 Å². The molecule has 3 aliphatic carbocycles. The second kappa shape index (κ2) is 4.62. The third-order valence-electron chi connectivity index (χ3n) is 7.23. The first-order valence-corrected chi connectivity index (χ1v) is 8.98. The quantitative estimate of drug-likeness (QED) is 0.551. The molecule has 4 heteroatoms. The first kappa shape index (κ1) is 14.8. The second-order valence-corrected chi connectivity index (χ2v) is 8.79. The molecular weight excluding hydrogens is 296 g/mol. The van der Waals surface area contributed by atoms with Gasteiger partial charge in [-0.1, -0.05) is 6.92 Å². The van der Waals surface area contributed by atoms with Gasteiger partial charge in [-0.05, 0) is 61.5 Å². The molecule has 1 heterocycles. The predicted molar refractivity (Wildman–Crippen MR) is 86.6 cm³/mol. The van der Waals surface area contributed by atoms with Crippen molar-refractivity contribution in [3.05, 3.63) is 11.6 Å². The van der Waals surface area contributed by atoms with Crippen LogP contribution in [0.4, 0.5) is 0 Å². The van der Waals surface area contributed by atoms with Crippen molar-refractivity contribution in [1.82, 2.24) is 0 Å². The highest BCUT2D eigenvalue weighted by atomic mass is 32.1. The minimum atomic E-state index is -0.295. The second-order valence-electron chi connectivity index (χ2n) is 8.17. The summed E-state index contributed by atoms with van der Waals surface area (Å²) in [6, 6.07) is 0. The van der Waals surface area contributed by atoms with Crippen molar-refractivity contribution >= 4 is 24.4 Å². The van der Waals surface area contributed by atoms with Crippen LogP contribution in [0, 0.1) is 28.6 Å². The lowest BCUT2D eigenvalue weighted by Gasteiger charge is -2.57. The summed E-state index contributed by atoms with van der Waals surface area (Å²) in [4.78, 5) is 24.1. The summed E-state index contributed by atoms with van der Waals surface area (Å²) >= 11 is 4.83. The van der Waals surface area contributed by atoms with E-state index in [4.69, 9.17) is 17.4 Å². The molecule has 1 aliphatic heterocycles. The first-order valence-electron chi connectivity index (χ1n) is 8.46. The minimum absolute atomic E-state index is 0.00280. The molecule has 0 aromatic rings. The molecule has 0 aromatic carbocycles. The fourth-order valence-electron chi connectivity index (χ4n) is 5.82. The monoisotopic (exact) mass is 320 g/mol. The molecular formula is C18H24O3S. The third-order valence-corrected chi connectivity index (χ3v) is 7.72. The lowest BCUT2D eigenvalue weighted by Crippen LogP contribution is -2.53. The Labute approximate surface area is 137 Å². The Morgan fingerprint density at radius 1 is 1.18 bits per heavy atom. The Kier molecular flexibility index (Phi) is 3.11. The van der Waals surface area contributed by atoms with Crippen LogP contribution in [-0.2, 0) is 14.3 Å². The first-order chi connectivity index (χ1) is 10.4. The van der Waals surface area contributed by atoms with E-state index in [9.17, 15) is 9.59 Å². The number of allylic oxidation sites excluding steroid dienone is 1. The maximum Gasteiger partial charge on any atom is 0.312 e. The molecule has 120 valence electrons. The average Bonchev–Trinajstić information content (AvgIpc) is 2.77. The molecule has 0 radical (unpaired) electrons. The van der Waals surface area contributed by atoms with Crippen molar-refractivity contribution in [3.8, 4) is 0 Å². The number of rotatable bonds is 0. The molecule has 0 spiro atoms. The molecule has 3 nitrogen and oxygen atoms in total. The Morgan fingerprint density at radius 3 is 2.73 bits per heavy atom. The van der Waals surface area contributed by atoms with Crippen LogP contribution in [-0.4, -0.2) is 23.6 Å². The van der Waals surface area contributed by atoms with Crippen LogP contribution in [0.2, 0.25) is 0 Å². The van der Waals surface area contributed by atoms with Gasteiger partial charge >= 0.3 is 5.97 Å². The fraction of sp³-hybridized carbons (Fsp3) is 0.778. The molecule has 22 heavy (non-hydrogen) atoms. The van der Waals surface area contributed by atoms with Crippen LogP contribution < -0.4 is 0 Å². The van der Waals surface area contributed by atoms with E-state index in [0.717, 1.165) is 25.7 Å². The number of carbonyl (C=O) groups is 2. The predicted octanol–water partition coefficient (Wildman–Crippen LogP) is 3.19. The standard InChI is InChI=1S/C18H24O3S/c1-17-5-3-10(19)7-13(17)15(22)8-11-12(17)4-6-18(2)14(11)9-21-16(18)20/h7,11-12,14-15,22H,3-6,8-9H2,1-2H3/t11-,12-,14+,15?,17-,18+/m1/s1. The van der Waals surface area contributed by atoms with Crippen LogP contribution in [0.25, 0.3) is 0 Å². The van der Waals surface area contributed by atoms with Crippen LogP contribution in [0.5, 0.6) is 0 Å². The maximum absolute atomic E-state index is 12.2. The lowest BCUT2D eigenvalue weighted by molar-refractivity contribution is -0.148. The summed E-state index contributed by atoms with van der Waals surface area (Å²) in [5, 5.41) is 0.147. The SMILES string of the molecule is C[C@]12CCC(=O)C=C1C(S)C[C@@H]1[C@H]2CC[C@]2(C)C(=O)OC[C@@H]12. The van der Waals surface area contributed by atoms with Gasteiger partial charge in [0.2, 0.25) is 0 Å². The van der Waals surface area contributed by atoms with Gasteiger partial charge in [-0.15, -0.1) is 0 Å². The fourth-order valence-corrected chi connectivity index (χ4v) is 6.43. The number of esters is 1. The van der Waals surface area contributed by atoms with Gasteiger partial charge in [0.05, 0.1) is 12.0 Å². The van der Waals surface area contributed by atoms with Gasteiger partial charge in [0.25, 0.3) is 0 Å². The zero-order valence-electron chi connectivity index (χ0n) is 13.3. The van der Waals surface area contributed by atoms with Gasteiger partial charge in [-0.2, -0.15) is 12.6 Å². The van der Waals surface area contributed by atoms with Gasteiger partial charge in [0.15, 0.2) is 5.78 Å². The number of ether oxygens (including phenoxy) is 1. The van der Waals surface area contributed by atoms with E-state index in [1.807, 2.05) is 6.08 Å². The van der Waals surface area contributed by atoms with E-state index in [1.165, 1.54) is 5.57 Å². The van der Waals surface area contributed by atoms with Gasteiger partial charge in [0.1, 0.15) is 0 Å².